The Balaban J connectivity index is 1.43. The fourth-order valence-electron chi connectivity index (χ4n) is 4.72. The molecule has 178 valence electrons. The van der Waals surface area contributed by atoms with Gasteiger partial charge in [-0.1, -0.05) is 48.5 Å². The van der Waals surface area contributed by atoms with E-state index >= 15 is 0 Å². The first-order valence-corrected chi connectivity index (χ1v) is 12.0. The lowest BCUT2D eigenvalue weighted by molar-refractivity contribution is 1.15. The largest absolute Gasteiger partial charge is 0.261 e. The van der Waals surface area contributed by atoms with Crippen LogP contribution in [0, 0.1) is 0 Å². The van der Waals surface area contributed by atoms with Crippen molar-refractivity contribution in [1.82, 2.24) is 39.9 Å². The Bertz CT molecular complexity index is 1690. The molecule has 0 amide bonds. The molecule has 3 aromatic carbocycles. The highest BCUT2D eigenvalue weighted by Crippen LogP contribution is 2.42. The molecule has 8 heteroatoms. The van der Waals surface area contributed by atoms with Gasteiger partial charge in [-0.25, -0.2) is 0 Å². The van der Waals surface area contributed by atoms with Crippen LogP contribution in [0.4, 0.5) is 0 Å². The quantitative estimate of drug-likeness (QED) is 0.284. The molecule has 0 aliphatic rings. The van der Waals surface area contributed by atoms with Crippen LogP contribution >= 0.6 is 0 Å². The zero-order valence-electron chi connectivity index (χ0n) is 20.0. The Morgan fingerprint density at radius 2 is 0.658 bits per heavy atom. The van der Waals surface area contributed by atoms with Crippen LogP contribution in [0.1, 0.15) is 0 Å². The van der Waals surface area contributed by atoms with Gasteiger partial charge >= 0.3 is 0 Å². The molecule has 0 saturated carbocycles. The van der Waals surface area contributed by atoms with Crippen LogP contribution in [0.25, 0.3) is 66.8 Å². The molecule has 7 rings (SSSR count). The normalized spacial score (nSPS) is 11.2. The Labute approximate surface area is 217 Å². The van der Waals surface area contributed by atoms with Crippen molar-refractivity contribution in [2.45, 2.75) is 0 Å². The number of nitrogens with zero attached hydrogens (tertiary/aromatic N) is 8. The second kappa shape index (κ2) is 9.18. The number of fused-ring (bicyclic) bond motifs is 2. The summed E-state index contributed by atoms with van der Waals surface area (Å²) in [5.41, 5.74) is 6.29. The van der Waals surface area contributed by atoms with Crippen molar-refractivity contribution in [3.05, 3.63) is 110 Å². The minimum Gasteiger partial charge on any atom is -0.261 e. The Kier molecular flexibility index (Phi) is 5.26. The van der Waals surface area contributed by atoms with Crippen LogP contribution in [0.2, 0.25) is 0 Å². The third-order valence-corrected chi connectivity index (χ3v) is 6.40. The smallest absolute Gasteiger partial charge is 0.109 e. The zero-order valence-corrected chi connectivity index (χ0v) is 20.0. The van der Waals surface area contributed by atoms with Crippen molar-refractivity contribution in [2.24, 2.45) is 0 Å². The van der Waals surface area contributed by atoms with Crippen molar-refractivity contribution in [2.75, 3.05) is 0 Å². The highest BCUT2D eigenvalue weighted by atomic mass is 14.9. The molecule has 4 heterocycles. The third kappa shape index (κ3) is 3.72. The van der Waals surface area contributed by atoms with Gasteiger partial charge in [-0.05, 0) is 21.5 Å². The van der Waals surface area contributed by atoms with E-state index in [1.807, 2.05) is 24.3 Å². The monoisotopic (exact) mass is 490 g/mol. The summed E-state index contributed by atoms with van der Waals surface area (Å²) < 4.78 is 0. The van der Waals surface area contributed by atoms with Gasteiger partial charge in [0.25, 0.3) is 0 Å². The summed E-state index contributed by atoms with van der Waals surface area (Å²) in [4.78, 5) is 35.9. The van der Waals surface area contributed by atoms with Gasteiger partial charge in [-0.15, -0.1) is 0 Å². The number of hydrogen-bond acceptors (Lipinski definition) is 8. The Morgan fingerprint density at radius 3 is 0.974 bits per heavy atom. The van der Waals surface area contributed by atoms with Crippen LogP contribution in [0.5, 0.6) is 0 Å². The molecule has 0 spiro atoms. The van der Waals surface area contributed by atoms with Crippen molar-refractivity contribution < 1.29 is 0 Å². The molecular formula is C30H18N8. The molecule has 0 aliphatic carbocycles. The summed E-state index contributed by atoms with van der Waals surface area (Å²) in [5, 5.41) is 4.23. The molecule has 8 nitrogen and oxygen atoms in total. The average Bonchev–Trinajstić information content (AvgIpc) is 3.01. The van der Waals surface area contributed by atoms with E-state index in [1.54, 1.807) is 62.0 Å². The lowest BCUT2D eigenvalue weighted by Gasteiger charge is -2.16. The predicted octanol–water partition coefficient (Wildman–Crippen LogP) is 5.82. The molecular weight excluding hydrogens is 472 g/mol. The van der Waals surface area contributed by atoms with E-state index in [9.17, 15) is 0 Å². The van der Waals surface area contributed by atoms with Gasteiger partial charge in [0.2, 0.25) is 0 Å². The van der Waals surface area contributed by atoms with E-state index < -0.39 is 0 Å². The van der Waals surface area contributed by atoms with E-state index in [1.165, 1.54) is 0 Å². The first-order valence-electron chi connectivity index (χ1n) is 12.0. The molecule has 0 aliphatic heterocycles. The van der Waals surface area contributed by atoms with E-state index in [4.69, 9.17) is 9.97 Å². The van der Waals surface area contributed by atoms with E-state index in [2.05, 4.69) is 54.2 Å². The number of hydrogen-bond donors (Lipinski definition) is 0. The molecule has 7 aromatic rings. The van der Waals surface area contributed by atoms with E-state index in [-0.39, 0.29) is 0 Å². The Hall–Kier alpha value is -5.50. The molecule has 0 N–H and O–H groups in total. The van der Waals surface area contributed by atoms with E-state index in [0.717, 1.165) is 44.1 Å². The molecule has 4 aromatic heterocycles. The predicted molar refractivity (Wildman–Crippen MR) is 146 cm³/mol. The number of rotatable bonds is 4. The lowest BCUT2D eigenvalue weighted by Crippen LogP contribution is -1.96. The maximum absolute atomic E-state index is 4.80. The van der Waals surface area contributed by atoms with Crippen LogP contribution in [0.3, 0.4) is 0 Å². The summed E-state index contributed by atoms with van der Waals surface area (Å²) in [6.07, 6.45) is 17.0. The maximum Gasteiger partial charge on any atom is 0.109 e. The number of benzene rings is 3. The molecule has 0 bridgehead atoms. The van der Waals surface area contributed by atoms with Gasteiger partial charge in [0.05, 0.1) is 48.6 Å². The summed E-state index contributed by atoms with van der Waals surface area (Å²) >= 11 is 0. The first kappa shape index (κ1) is 21.8. The first-order chi connectivity index (χ1) is 18.9. The zero-order chi connectivity index (χ0) is 25.3. The van der Waals surface area contributed by atoms with Gasteiger partial charge in [-0.2, -0.15) is 0 Å². The topological polar surface area (TPSA) is 103 Å². The molecule has 0 atom stereocenters. The van der Waals surface area contributed by atoms with Gasteiger partial charge < -0.3 is 0 Å². The Morgan fingerprint density at radius 1 is 0.316 bits per heavy atom. The van der Waals surface area contributed by atoms with Crippen molar-refractivity contribution in [3.63, 3.8) is 0 Å². The van der Waals surface area contributed by atoms with Crippen LogP contribution in [-0.4, -0.2) is 39.9 Å². The van der Waals surface area contributed by atoms with Gasteiger partial charge in [0.1, 0.15) is 22.8 Å². The van der Waals surface area contributed by atoms with E-state index in [0.29, 0.717) is 22.8 Å². The molecule has 0 radical (unpaired) electrons. The van der Waals surface area contributed by atoms with Crippen molar-refractivity contribution in [3.8, 4) is 45.3 Å². The average molecular weight is 491 g/mol. The van der Waals surface area contributed by atoms with Gasteiger partial charge in [-0.3, -0.25) is 39.9 Å². The third-order valence-electron chi connectivity index (χ3n) is 6.40. The highest BCUT2D eigenvalue weighted by Gasteiger charge is 2.18. The summed E-state index contributed by atoms with van der Waals surface area (Å²) in [6.45, 7) is 0. The van der Waals surface area contributed by atoms with Crippen LogP contribution < -0.4 is 0 Å². The molecule has 38 heavy (non-hydrogen) atoms. The van der Waals surface area contributed by atoms with Gasteiger partial charge in [0.15, 0.2) is 0 Å². The minimum absolute atomic E-state index is 0.672. The summed E-state index contributed by atoms with van der Waals surface area (Å²) in [5.74, 6) is 0. The molecule has 0 fully saturated rings. The minimum atomic E-state index is 0.672. The van der Waals surface area contributed by atoms with Crippen molar-refractivity contribution >= 4 is 21.5 Å². The summed E-state index contributed by atoms with van der Waals surface area (Å²) in [7, 11) is 0. The highest BCUT2D eigenvalue weighted by molar-refractivity contribution is 6.20. The van der Waals surface area contributed by atoms with Crippen molar-refractivity contribution in [1.29, 1.82) is 0 Å². The number of aromatic nitrogens is 8. The lowest BCUT2D eigenvalue weighted by atomic mass is 9.89. The van der Waals surface area contributed by atoms with Gasteiger partial charge in [0, 0.05) is 35.9 Å². The fraction of sp³-hybridized carbons (Fsp3) is 0. The second-order valence-electron chi connectivity index (χ2n) is 8.60. The van der Waals surface area contributed by atoms with Crippen LogP contribution in [-0.2, 0) is 0 Å². The summed E-state index contributed by atoms with van der Waals surface area (Å²) in [6, 6.07) is 16.6. The standard InChI is InChI=1S/C30H18N8/c1-2-6-20-19(5-1)29(27-17-35-25(15-37-27)23-13-31-9-11-33-23)21-7-3-4-8-22(21)30(20)28-18-36-26(16-38-28)24-14-32-10-12-34-24/h1-18H. The SMILES string of the molecule is c1ccc2c(-c3cnc(-c4cnccn4)cn3)c3ccccc3c(-c3cnc(-c4cnccn4)cn3)c2c1. The molecule has 0 saturated heterocycles. The second-order valence-corrected chi connectivity index (χ2v) is 8.60. The fourth-order valence-corrected chi connectivity index (χ4v) is 4.72. The van der Waals surface area contributed by atoms with Crippen LogP contribution in [0.15, 0.2) is 110 Å². The maximum atomic E-state index is 4.80. The molecule has 0 unspecified atom stereocenters.